The van der Waals surface area contributed by atoms with Crippen LogP contribution in [0.3, 0.4) is 0 Å². The first kappa shape index (κ1) is 14.5. The first-order valence-corrected chi connectivity index (χ1v) is 9.56. The van der Waals surface area contributed by atoms with E-state index in [9.17, 15) is 0 Å². The molecule has 0 atom stereocenters. The highest BCUT2D eigenvalue weighted by Crippen LogP contribution is 2.25. The quantitative estimate of drug-likeness (QED) is 0.421. The number of fused-ring (bicyclic) bond motifs is 1. The third-order valence-electron chi connectivity index (χ3n) is 3.13. The Morgan fingerprint density at radius 3 is 2.81 bits per heavy atom. The lowest BCUT2D eigenvalue weighted by atomic mass is 10.3. The van der Waals surface area contributed by atoms with Gasteiger partial charge in [-0.2, -0.15) is 0 Å². The molecule has 0 spiro atoms. The average Bonchev–Trinajstić information content (AvgIpc) is 2.96. The van der Waals surface area contributed by atoms with Crippen molar-refractivity contribution in [3.63, 3.8) is 0 Å². The van der Waals surface area contributed by atoms with E-state index in [2.05, 4.69) is 45.9 Å². The summed E-state index contributed by atoms with van der Waals surface area (Å²) in [6.07, 6.45) is 3.29. The fraction of sp³-hybridized carbons (Fsp3) is 0.250. The van der Waals surface area contributed by atoms with Crippen LogP contribution in [0, 0.1) is 0 Å². The van der Waals surface area contributed by atoms with Gasteiger partial charge in [-0.15, -0.1) is 0 Å². The minimum absolute atomic E-state index is 0.882. The van der Waals surface area contributed by atoms with Crippen LogP contribution >= 0.6 is 21.6 Å². The van der Waals surface area contributed by atoms with Crippen LogP contribution in [0.15, 0.2) is 48.7 Å². The summed E-state index contributed by atoms with van der Waals surface area (Å²) in [6, 6.07) is 14.4. The fourth-order valence-corrected chi connectivity index (χ4v) is 4.29. The van der Waals surface area contributed by atoms with E-state index < -0.39 is 0 Å². The zero-order valence-electron chi connectivity index (χ0n) is 12.0. The molecule has 0 radical (unpaired) electrons. The van der Waals surface area contributed by atoms with E-state index in [-0.39, 0.29) is 0 Å². The van der Waals surface area contributed by atoms with Crippen LogP contribution in [-0.4, -0.2) is 15.7 Å². The van der Waals surface area contributed by atoms with Gasteiger partial charge in [-0.1, -0.05) is 51.7 Å². The molecule has 0 fully saturated rings. The molecule has 0 aliphatic heterocycles. The summed E-state index contributed by atoms with van der Waals surface area (Å²) >= 11 is 0. The average molecular weight is 316 g/mol. The molecule has 2 heterocycles. The molecule has 2 aromatic heterocycles. The van der Waals surface area contributed by atoms with Gasteiger partial charge in [-0.25, -0.2) is 9.55 Å². The molecule has 3 nitrogen and oxygen atoms in total. The predicted octanol–water partition coefficient (Wildman–Crippen LogP) is 4.13. The third-order valence-corrected chi connectivity index (χ3v) is 5.64. The molecule has 21 heavy (non-hydrogen) atoms. The topological polar surface area (TPSA) is 32.6 Å². The minimum atomic E-state index is 0.882. The van der Waals surface area contributed by atoms with Crippen molar-refractivity contribution in [3.8, 4) is 5.95 Å². The van der Waals surface area contributed by atoms with E-state index in [1.807, 2.05) is 45.9 Å². The number of H-pyrrole nitrogens is 1. The largest absolute Gasteiger partial charge is 0.402 e. The van der Waals surface area contributed by atoms with E-state index in [4.69, 9.17) is 0 Å². The van der Waals surface area contributed by atoms with Gasteiger partial charge in [0, 0.05) is 5.75 Å². The van der Waals surface area contributed by atoms with Crippen LogP contribution in [0.4, 0.5) is 0 Å². The first-order chi connectivity index (χ1) is 10.4. The zero-order chi connectivity index (χ0) is 14.5. The molecule has 0 saturated heterocycles. The van der Waals surface area contributed by atoms with Gasteiger partial charge < -0.3 is 0 Å². The van der Waals surface area contributed by atoms with E-state index in [0.29, 0.717) is 0 Å². The number of rotatable bonds is 6. The molecule has 0 saturated carbocycles. The van der Waals surface area contributed by atoms with Crippen molar-refractivity contribution in [1.29, 1.82) is 0 Å². The van der Waals surface area contributed by atoms with Crippen LogP contribution in [-0.2, 0) is 5.75 Å². The summed E-state index contributed by atoms with van der Waals surface area (Å²) in [5.41, 5.74) is 3.33. The smallest absolute Gasteiger partial charge is 0.238 e. The van der Waals surface area contributed by atoms with Crippen LogP contribution in [0.2, 0.25) is 0 Å². The van der Waals surface area contributed by atoms with Gasteiger partial charge in [-0.05, 0) is 30.7 Å². The Labute approximate surface area is 132 Å². The molecule has 1 aromatic carbocycles. The number of hydrogen-bond acceptors (Lipinski definition) is 3. The maximum atomic E-state index is 4.68. The molecule has 0 aliphatic rings. The lowest BCUT2D eigenvalue weighted by Crippen LogP contribution is -2.36. The lowest BCUT2D eigenvalue weighted by molar-refractivity contribution is -0.610. The Hall–Kier alpha value is -1.46. The van der Waals surface area contributed by atoms with Gasteiger partial charge in [0.15, 0.2) is 5.52 Å². The van der Waals surface area contributed by atoms with Crippen LogP contribution < -0.4 is 4.57 Å². The molecule has 1 N–H and O–H groups in total. The second-order valence-corrected chi connectivity index (χ2v) is 7.31. The molecular weight excluding hydrogens is 298 g/mol. The molecule has 3 aromatic rings. The van der Waals surface area contributed by atoms with Crippen molar-refractivity contribution >= 4 is 32.6 Å². The summed E-state index contributed by atoms with van der Waals surface area (Å²) in [5.74, 6) is 3.05. The van der Waals surface area contributed by atoms with Gasteiger partial charge in [0.2, 0.25) is 0 Å². The molecule has 0 bridgehead atoms. The van der Waals surface area contributed by atoms with Crippen LogP contribution in [0.25, 0.3) is 17.0 Å². The molecule has 0 aliphatic carbocycles. The lowest BCUT2D eigenvalue weighted by Gasteiger charge is -2.04. The molecule has 3 rings (SSSR count). The van der Waals surface area contributed by atoms with Crippen molar-refractivity contribution in [2.45, 2.75) is 19.1 Å². The second-order valence-electron chi connectivity index (χ2n) is 4.72. The number of nitrogens with zero attached hydrogens (tertiary/aromatic N) is 2. The maximum absolute atomic E-state index is 4.68. The van der Waals surface area contributed by atoms with Crippen molar-refractivity contribution in [1.82, 2.24) is 9.97 Å². The molecule has 0 amide bonds. The summed E-state index contributed by atoms with van der Waals surface area (Å²) in [4.78, 5) is 8.07. The second kappa shape index (κ2) is 7.00. The first-order valence-electron chi connectivity index (χ1n) is 7.07. The summed E-state index contributed by atoms with van der Waals surface area (Å²) in [7, 11) is 3.83. The Morgan fingerprint density at radius 1 is 1.10 bits per heavy atom. The number of aromatic amines is 1. The molecule has 5 heteroatoms. The summed E-state index contributed by atoms with van der Waals surface area (Å²) in [5, 5.41) is 0. The van der Waals surface area contributed by atoms with Crippen LogP contribution in [0.1, 0.15) is 19.0 Å². The number of para-hydroxylation sites is 2. The van der Waals surface area contributed by atoms with E-state index in [0.717, 1.165) is 22.7 Å². The minimum Gasteiger partial charge on any atom is -0.238 e. The highest BCUT2D eigenvalue weighted by atomic mass is 33.1. The molecule has 108 valence electrons. The van der Waals surface area contributed by atoms with Crippen molar-refractivity contribution in [2.24, 2.45) is 0 Å². The zero-order valence-corrected chi connectivity index (χ0v) is 13.6. The van der Waals surface area contributed by atoms with Gasteiger partial charge in [0.05, 0.1) is 17.6 Å². The monoisotopic (exact) mass is 316 g/mol. The molecule has 0 unspecified atom stereocenters. The SMILES string of the molecule is CCCSSCc1cccc[n+]1-c1nc2ccccc2[nH]1. The number of pyridine rings is 1. The normalized spacial score (nSPS) is 11.1. The Kier molecular flexibility index (Phi) is 4.83. The Balaban J connectivity index is 1.87. The van der Waals surface area contributed by atoms with Crippen molar-refractivity contribution in [3.05, 3.63) is 54.4 Å². The number of imidazole rings is 1. The van der Waals surface area contributed by atoms with E-state index in [1.54, 1.807) is 0 Å². The molecular formula is C16H18N3S2+. The predicted molar refractivity (Wildman–Crippen MR) is 91.7 cm³/mol. The van der Waals surface area contributed by atoms with E-state index in [1.165, 1.54) is 17.9 Å². The van der Waals surface area contributed by atoms with Gasteiger partial charge in [0.1, 0.15) is 5.52 Å². The van der Waals surface area contributed by atoms with Crippen LogP contribution in [0.5, 0.6) is 0 Å². The summed E-state index contributed by atoms with van der Waals surface area (Å²) in [6.45, 7) is 2.21. The Morgan fingerprint density at radius 2 is 1.95 bits per heavy atom. The third kappa shape index (κ3) is 3.41. The van der Waals surface area contributed by atoms with Gasteiger partial charge in [0.25, 0.3) is 0 Å². The summed E-state index contributed by atoms with van der Waals surface area (Å²) < 4.78 is 2.14. The number of hydrogen-bond donors (Lipinski definition) is 1. The number of nitrogens with one attached hydrogen (secondary N) is 1. The number of aromatic nitrogens is 3. The maximum Gasteiger partial charge on any atom is 0.402 e. The highest BCUT2D eigenvalue weighted by molar-refractivity contribution is 8.76. The van der Waals surface area contributed by atoms with Gasteiger partial charge in [-0.3, -0.25) is 0 Å². The standard InChI is InChI=1S/C16H18N3S2/c1-2-11-20-21-12-13-7-5-6-10-19(13)16-17-14-8-3-4-9-15(14)18-16/h3-10H,2,11-12H2,1H3,(H,17,18)/q+1. The van der Waals surface area contributed by atoms with Crippen molar-refractivity contribution < 1.29 is 4.57 Å². The highest BCUT2D eigenvalue weighted by Gasteiger charge is 2.15. The van der Waals surface area contributed by atoms with Crippen molar-refractivity contribution in [2.75, 3.05) is 5.75 Å². The number of benzene rings is 1. The van der Waals surface area contributed by atoms with Gasteiger partial charge >= 0.3 is 5.95 Å². The Bertz CT molecular complexity index is 691. The fourth-order valence-electron chi connectivity index (χ4n) is 2.10. The van der Waals surface area contributed by atoms with E-state index >= 15 is 0 Å².